The van der Waals surface area contributed by atoms with E-state index in [4.69, 9.17) is 21.1 Å². The molecule has 0 aromatic heterocycles. The predicted octanol–water partition coefficient (Wildman–Crippen LogP) is 5.15. The van der Waals surface area contributed by atoms with Crippen LogP contribution in [-0.4, -0.2) is 77.7 Å². The smallest absolute Gasteiger partial charge is 0.306 e. The Labute approximate surface area is 293 Å². The number of halogens is 1. The molecule has 2 bridgehead atoms. The van der Waals surface area contributed by atoms with Crippen molar-refractivity contribution in [3.05, 3.63) is 90.5 Å². The lowest BCUT2D eigenvalue weighted by Gasteiger charge is -2.37. The summed E-state index contributed by atoms with van der Waals surface area (Å²) in [5.41, 5.74) is 0.0483. The number of benzene rings is 2. The SMILES string of the molecule is C=CCCC(=O)OC[C@H](NC(=O)[C@@H]1[C@H]2C(=O)N(CCCCCCO)[C@H](C(=O)N(CC=C)c3ccccc3Cl)[C@]23CC[C@H]1O3)c1ccccc1. The fourth-order valence-electron chi connectivity index (χ4n) is 7.62. The van der Waals surface area contributed by atoms with Gasteiger partial charge in [-0.15, -0.1) is 13.2 Å². The van der Waals surface area contributed by atoms with Gasteiger partial charge in [0, 0.05) is 26.1 Å². The van der Waals surface area contributed by atoms with Crippen LogP contribution in [0.25, 0.3) is 0 Å². The molecule has 3 heterocycles. The molecule has 1 spiro atoms. The number of rotatable bonds is 18. The summed E-state index contributed by atoms with van der Waals surface area (Å²) >= 11 is 6.58. The van der Waals surface area contributed by atoms with Crippen LogP contribution in [0, 0.1) is 11.8 Å². The molecule has 3 fully saturated rings. The second-order valence-corrected chi connectivity index (χ2v) is 13.3. The highest BCUT2D eigenvalue weighted by molar-refractivity contribution is 6.34. The first kappa shape index (κ1) is 36.3. The summed E-state index contributed by atoms with van der Waals surface area (Å²) in [5.74, 6) is -3.12. The van der Waals surface area contributed by atoms with Crippen molar-refractivity contribution in [2.24, 2.45) is 11.8 Å². The summed E-state index contributed by atoms with van der Waals surface area (Å²) in [5, 5.41) is 12.7. The van der Waals surface area contributed by atoms with Gasteiger partial charge >= 0.3 is 5.97 Å². The zero-order chi connectivity index (χ0) is 35.0. The summed E-state index contributed by atoms with van der Waals surface area (Å²) in [6, 6.07) is 14.6. The van der Waals surface area contributed by atoms with Crippen LogP contribution < -0.4 is 10.2 Å². The first-order valence-electron chi connectivity index (χ1n) is 17.1. The molecule has 0 radical (unpaired) electrons. The van der Waals surface area contributed by atoms with Crippen LogP contribution in [0.15, 0.2) is 79.9 Å². The van der Waals surface area contributed by atoms with E-state index in [9.17, 15) is 24.3 Å². The monoisotopic (exact) mass is 691 g/mol. The highest BCUT2D eigenvalue weighted by atomic mass is 35.5. The standard InChI is InChI=1S/C38H46ClN3O7/c1-3-5-19-31(44)48-25-28(26-15-9-8-10-16-26)40-35(45)32-30-20-21-38(49-30)33(32)36(46)42(23-13-6-7-14-24-43)34(38)37(47)41(22-4-2)29-18-12-11-17-27(29)39/h3-4,8-12,15-18,28,30,32-34,43H,1-2,5-7,13-14,19-25H2,(H,40,45)/t28-,30+,32-,33-,34+,38-/m0/s1. The summed E-state index contributed by atoms with van der Waals surface area (Å²) in [4.78, 5) is 59.0. The number of fused-ring (bicyclic) bond motifs is 1. The van der Waals surface area contributed by atoms with E-state index in [1.807, 2.05) is 30.3 Å². The third-order valence-corrected chi connectivity index (χ3v) is 10.2. The van der Waals surface area contributed by atoms with Crippen LogP contribution in [-0.2, 0) is 28.7 Å². The maximum atomic E-state index is 14.7. The Bertz CT molecular complexity index is 1520. The van der Waals surface area contributed by atoms with Gasteiger partial charge < -0.3 is 29.7 Å². The third kappa shape index (κ3) is 7.61. The van der Waals surface area contributed by atoms with Gasteiger partial charge in [0.15, 0.2) is 0 Å². The van der Waals surface area contributed by atoms with Crippen molar-refractivity contribution >= 4 is 41.0 Å². The number of ether oxygens (including phenoxy) is 2. The van der Waals surface area contributed by atoms with Crippen molar-refractivity contribution in [2.45, 2.75) is 75.2 Å². The van der Waals surface area contributed by atoms with E-state index in [0.29, 0.717) is 49.4 Å². The number of allylic oxidation sites excluding steroid dienone is 1. The Morgan fingerprint density at radius 1 is 1.08 bits per heavy atom. The molecule has 0 saturated carbocycles. The highest BCUT2D eigenvalue weighted by Crippen LogP contribution is 2.59. The molecule has 5 rings (SSSR count). The van der Waals surface area contributed by atoms with Gasteiger partial charge in [0.1, 0.15) is 18.2 Å². The number of esters is 1. The quantitative estimate of drug-likeness (QED) is 0.126. The number of para-hydroxylation sites is 1. The van der Waals surface area contributed by atoms with E-state index in [1.165, 1.54) is 0 Å². The zero-order valence-corrected chi connectivity index (χ0v) is 28.6. The van der Waals surface area contributed by atoms with Gasteiger partial charge in [-0.3, -0.25) is 19.2 Å². The van der Waals surface area contributed by atoms with Gasteiger partial charge in [0.25, 0.3) is 5.91 Å². The minimum absolute atomic E-state index is 0.0802. The molecule has 10 nitrogen and oxygen atoms in total. The lowest BCUT2D eigenvalue weighted by molar-refractivity contribution is -0.146. The number of hydrogen-bond donors (Lipinski definition) is 2. The van der Waals surface area contributed by atoms with Crippen molar-refractivity contribution in [2.75, 3.05) is 31.2 Å². The number of anilines is 1. The molecule has 11 heteroatoms. The minimum Gasteiger partial charge on any atom is -0.463 e. The van der Waals surface area contributed by atoms with Gasteiger partial charge in [0.05, 0.1) is 34.7 Å². The normalized spacial score (nSPS) is 24.3. The molecule has 0 unspecified atom stereocenters. The summed E-state index contributed by atoms with van der Waals surface area (Å²) in [6.07, 6.45) is 7.14. The highest BCUT2D eigenvalue weighted by Gasteiger charge is 2.74. The molecular weight excluding hydrogens is 646 g/mol. The average Bonchev–Trinajstić information content (AvgIpc) is 3.75. The van der Waals surface area contributed by atoms with E-state index < -0.39 is 41.6 Å². The van der Waals surface area contributed by atoms with Crippen molar-refractivity contribution < 1.29 is 33.8 Å². The third-order valence-electron chi connectivity index (χ3n) is 9.85. The molecule has 0 aliphatic carbocycles. The Hall–Kier alpha value is -3.99. The summed E-state index contributed by atoms with van der Waals surface area (Å²) in [6.45, 7) is 7.98. The van der Waals surface area contributed by atoms with Gasteiger partial charge in [0.2, 0.25) is 11.8 Å². The van der Waals surface area contributed by atoms with Gasteiger partial charge in [-0.05, 0) is 49.8 Å². The maximum absolute atomic E-state index is 14.7. The van der Waals surface area contributed by atoms with Crippen LogP contribution in [0.4, 0.5) is 5.69 Å². The fraction of sp³-hybridized carbons (Fsp3) is 0.474. The van der Waals surface area contributed by atoms with Crippen molar-refractivity contribution in [1.29, 1.82) is 0 Å². The number of carbonyl (C=O) groups excluding carboxylic acids is 4. The number of nitrogens with one attached hydrogen (secondary N) is 1. The average molecular weight is 692 g/mol. The molecule has 2 aromatic carbocycles. The van der Waals surface area contributed by atoms with E-state index in [2.05, 4.69) is 18.5 Å². The summed E-state index contributed by atoms with van der Waals surface area (Å²) < 4.78 is 12.2. The fourth-order valence-corrected chi connectivity index (χ4v) is 7.86. The van der Waals surface area contributed by atoms with E-state index in [-0.39, 0.29) is 43.9 Å². The molecule has 2 aromatic rings. The largest absolute Gasteiger partial charge is 0.463 e. The summed E-state index contributed by atoms with van der Waals surface area (Å²) in [7, 11) is 0. The predicted molar refractivity (Wildman–Crippen MR) is 187 cm³/mol. The minimum atomic E-state index is -1.20. The van der Waals surface area contributed by atoms with Crippen LogP contribution in [0.2, 0.25) is 5.02 Å². The number of amides is 3. The molecule has 6 atom stereocenters. The van der Waals surface area contributed by atoms with Crippen LogP contribution in [0.3, 0.4) is 0 Å². The second-order valence-electron chi connectivity index (χ2n) is 12.9. The Balaban J connectivity index is 1.45. The molecule has 3 amide bonds. The van der Waals surface area contributed by atoms with Crippen molar-refractivity contribution in [3.8, 4) is 0 Å². The van der Waals surface area contributed by atoms with Crippen molar-refractivity contribution in [1.82, 2.24) is 10.2 Å². The molecule has 3 aliphatic heterocycles. The Kier molecular flexibility index (Phi) is 12.3. The first-order valence-corrected chi connectivity index (χ1v) is 17.5. The maximum Gasteiger partial charge on any atom is 0.306 e. The Morgan fingerprint density at radius 3 is 2.53 bits per heavy atom. The lowest BCUT2D eigenvalue weighted by atomic mass is 9.70. The number of likely N-dealkylation sites (tertiary alicyclic amines) is 1. The van der Waals surface area contributed by atoms with Crippen LogP contribution in [0.5, 0.6) is 0 Å². The molecular formula is C38H46ClN3O7. The van der Waals surface area contributed by atoms with Gasteiger partial charge in [-0.2, -0.15) is 0 Å². The first-order chi connectivity index (χ1) is 23.8. The Morgan fingerprint density at radius 2 is 1.82 bits per heavy atom. The number of aliphatic hydroxyl groups is 1. The second kappa shape index (κ2) is 16.6. The number of nitrogens with zero attached hydrogens (tertiary/aromatic N) is 2. The molecule has 3 saturated heterocycles. The van der Waals surface area contributed by atoms with Crippen LogP contribution >= 0.6 is 11.6 Å². The zero-order valence-electron chi connectivity index (χ0n) is 27.8. The molecule has 2 N–H and O–H groups in total. The van der Waals surface area contributed by atoms with E-state index >= 15 is 0 Å². The van der Waals surface area contributed by atoms with Crippen LogP contribution in [0.1, 0.15) is 63.0 Å². The lowest BCUT2D eigenvalue weighted by Crippen LogP contribution is -2.56. The van der Waals surface area contributed by atoms with E-state index in [1.54, 1.807) is 46.2 Å². The number of carbonyl (C=O) groups is 4. The number of unbranched alkanes of at least 4 members (excludes halogenated alkanes) is 3. The topological polar surface area (TPSA) is 125 Å². The number of aliphatic hydroxyl groups excluding tert-OH is 1. The van der Waals surface area contributed by atoms with Gasteiger partial charge in [-0.1, -0.05) is 79.1 Å². The molecule has 3 aliphatic rings. The van der Waals surface area contributed by atoms with E-state index in [0.717, 1.165) is 18.4 Å². The van der Waals surface area contributed by atoms with Gasteiger partial charge in [-0.25, -0.2) is 0 Å². The molecule has 49 heavy (non-hydrogen) atoms. The van der Waals surface area contributed by atoms with Crippen molar-refractivity contribution in [3.63, 3.8) is 0 Å². The molecule has 262 valence electrons. The number of hydrogen-bond acceptors (Lipinski definition) is 7.